The van der Waals surface area contributed by atoms with Crippen LogP contribution in [-0.4, -0.2) is 25.2 Å². The van der Waals surface area contributed by atoms with Gasteiger partial charge in [0, 0.05) is 26.5 Å². The van der Waals surface area contributed by atoms with Crippen molar-refractivity contribution in [3.8, 4) is 0 Å². The van der Waals surface area contributed by atoms with Crippen molar-refractivity contribution >= 4 is 33.3 Å². The Balaban J connectivity index is 2.54. The van der Waals surface area contributed by atoms with Gasteiger partial charge in [-0.15, -0.1) is 0 Å². The number of pyridine rings is 1. The van der Waals surface area contributed by atoms with E-state index in [1.54, 1.807) is 13.3 Å². The van der Waals surface area contributed by atoms with Crippen LogP contribution in [0.5, 0.6) is 0 Å². The second kappa shape index (κ2) is 6.57. The second-order valence-corrected chi connectivity index (χ2v) is 6.04. The van der Waals surface area contributed by atoms with E-state index in [0.29, 0.717) is 5.02 Å². The molecule has 17 heavy (non-hydrogen) atoms. The number of nitrogens with one attached hydrogen (secondary N) is 1. The topological polar surface area (TPSA) is 34.1 Å². The van der Waals surface area contributed by atoms with Crippen LogP contribution in [0.2, 0.25) is 5.02 Å². The summed E-state index contributed by atoms with van der Waals surface area (Å²) in [5.41, 5.74) is 0.163. The van der Waals surface area contributed by atoms with Gasteiger partial charge in [0.2, 0.25) is 0 Å². The van der Waals surface area contributed by atoms with E-state index in [9.17, 15) is 0 Å². The zero-order chi connectivity index (χ0) is 12.9. The first kappa shape index (κ1) is 14.7. The van der Waals surface area contributed by atoms with Crippen LogP contribution < -0.4 is 5.32 Å². The fraction of sp³-hybridized carbons (Fsp3) is 0.583. The van der Waals surface area contributed by atoms with Crippen molar-refractivity contribution < 1.29 is 4.74 Å². The third-order valence-corrected chi connectivity index (χ3v) is 3.34. The quantitative estimate of drug-likeness (QED) is 0.861. The molecule has 0 saturated heterocycles. The molecule has 0 spiro atoms. The Morgan fingerprint density at radius 1 is 1.53 bits per heavy atom. The first-order valence-corrected chi connectivity index (χ1v) is 6.65. The second-order valence-electron chi connectivity index (χ2n) is 4.74. The van der Waals surface area contributed by atoms with Gasteiger partial charge in [-0.2, -0.15) is 0 Å². The molecule has 96 valence electrons. The zero-order valence-electron chi connectivity index (χ0n) is 10.4. The molecule has 0 amide bonds. The number of halogens is 2. The Morgan fingerprint density at radius 2 is 2.24 bits per heavy atom. The third kappa shape index (κ3) is 5.23. The Hall–Kier alpha value is -0.320. The molecule has 1 rings (SSSR count). The van der Waals surface area contributed by atoms with Crippen LogP contribution in [0, 0.1) is 5.41 Å². The van der Waals surface area contributed by atoms with Crippen LogP contribution in [0.25, 0.3) is 0 Å². The van der Waals surface area contributed by atoms with E-state index in [1.807, 2.05) is 6.07 Å². The van der Waals surface area contributed by atoms with Crippen LogP contribution in [0.1, 0.15) is 20.3 Å². The Bertz CT molecular complexity index is 372. The normalized spacial score (nSPS) is 11.6. The Kier molecular flexibility index (Phi) is 5.70. The standard InChI is InChI=1S/C12H18BrClN2O/c1-12(2,4-5-17-3)8-16-11-10(13)6-9(14)7-15-11/h6-7H,4-5,8H2,1-3H3,(H,15,16). The number of hydrogen-bond donors (Lipinski definition) is 1. The first-order valence-electron chi connectivity index (χ1n) is 5.48. The molecule has 0 saturated carbocycles. The fourth-order valence-electron chi connectivity index (χ4n) is 1.33. The Morgan fingerprint density at radius 3 is 2.82 bits per heavy atom. The van der Waals surface area contributed by atoms with Crippen molar-refractivity contribution in [3.05, 3.63) is 21.8 Å². The lowest BCUT2D eigenvalue weighted by Crippen LogP contribution is -2.25. The van der Waals surface area contributed by atoms with Crippen LogP contribution in [0.4, 0.5) is 5.82 Å². The summed E-state index contributed by atoms with van der Waals surface area (Å²) < 4.78 is 5.98. The highest BCUT2D eigenvalue weighted by Gasteiger charge is 2.17. The molecule has 0 aliphatic rings. The largest absolute Gasteiger partial charge is 0.385 e. The highest BCUT2D eigenvalue weighted by molar-refractivity contribution is 9.10. The smallest absolute Gasteiger partial charge is 0.140 e. The summed E-state index contributed by atoms with van der Waals surface area (Å²) >= 11 is 9.27. The van der Waals surface area contributed by atoms with Crippen molar-refractivity contribution in [3.63, 3.8) is 0 Å². The summed E-state index contributed by atoms with van der Waals surface area (Å²) in [5.74, 6) is 0.819. The van der Waals surface area contributed by atoms with Crippen molar-refractivity contribution in [1.82, 2.24) is 4.98 Å². The summed E-state index contributed by atoms with van der Waals surface area (Å²) in [6.45, 7) is 6.00. The summed E-state index contributed by atoms with van der Waals surface area (Å²) in [6, 6.07) is 1.83. The lowest BCUT2D eigenvalue weighted by atomic mass is 9.90. The van der Waals surface area contributed by atoms with E-state index in [2.05, 4.69) is 40.1 Å². The number of ether oxygens (including phenoxy) is 1. The molecule has 1 aromatic heterocycles. The van der Waals surface area contributed by atoms with Gasteiger partial charge in [-0.3, -0.25) is 0 Å². The molecule has 1 N–H and O–H groups in total. The van der Waals surface area contributed by atoms with Crippen molar-refractivity contribution in [1.29, 1.82) is 0 Å². The van der Waals surface area contributed by atoms with E-state index in [0.717, 1.165) is 29.9 Å². The molecule has 0 aromatic carbocycles. The Labute approximate surface area is 116 Å². The minimum Gasteiger partial charge on any atom is -0.385 e. The van der Waals surface area contributed by atoms with Gasteiger partial charge in [-0.25, -0.2) is 4.98 Å². The number of nitrogens with zero attached hydrogens (tertiary/aromatic N) is 1. The first-order chi connectivity index (χ1) is 7.94. The molecule has 3 nitrogen and oxygen atoms in total. The zero-order valence-corrected chi connectivity index (χ0v) is 12.7. The molecule has 0 unspecified atom stereocenters. The van der Waals surface area contributed by atoms with Crippen LogP contribution in [0.15, 0.2) is 16.7 Å². The van der Waals surface area contributed by atoms with Gasteiger partial charge in [0.1, 0.15) is 5.82 Å². The van der Waals surface area contributed by atoms with E-state index in [1.165, 1.54) is 0 Å². The predicted molar refractivity (Wildman–Crippen MR) is 75.7 cm³/mol. The van der Waals surface area contributed by atoms with Gasteiger partial charge in [0.15, 0.2) is 0 Å². The minimum absolute atomic E-state index is 0.163. The van der Waals surface area contributed by atoms with E-state index >= 15 is 0 Å². The molecule has 0 atom stereocenters. The molecule has 1 heterocycles. The maximum atomic E-state index is 5.84. The van der Waals surface area contributed by atoms with Crippen molar-refractivity contribution in [2.24, 2.45) is 5.41 Å². The minimum atomic E-state index is 0.163. The predicted octanol–water partition coefficient (Wildman–Crippen LogP) is 3.97. The molecule has 0 radical (unpaired) electrons. The summed E-state index contributed by atoms with van der Waals surface area (Å²) in [5, 5.41) is 3.94. The number of anilines is 1. The van der Waals surface area contributed by atoms with Crippen LogP contribution in [-0.2, 0) is 4.74 Å². The molecular formula is C12H18BrClN2O. The molecule has 5 heteroatoms. The fourth-order valence-corrected chi connectivity index (χ4v) is 2.11. The summed E-state index contributed by atoms with van der Waals surface area (Å²) in [7, 11) is 1.72. The SMILES string of the molecule is COCCC(C)(C)CNc1ncc(Cl)cc1Br. The van der Waals surface area contributed by atoms with Crippen molar-refractivity contribution in [2.75, 3.05) is 25.6 Å². The number of aromatic nitrogens is 1. The lowest BCUT2D eigenvalue weighted by Gasteiger charge is -2.25. The maximum absolute atomic E-state index is 5.84. The molecule has 0 fully saturated rings. The average Bonchev–Trinajstić information content (AvgIpc) is 2.25. The molecule has 0 aliphatic carbocycles. The monoisotopic (exact) mass is 320 g/mol. The average molecular weight is 322 g/mol. The highest BCUT2D eigenvalue weighted by atomic mass is 79.9. The van der Waals surface area contributed by atoms with Gasteiger partial charge in [0.05, 0.1) is 9.50 Å². The van der Waals surface area contributed by atoms with Crippen LogP contribution >= 0.6 is 27.5 Å². The summed E-state index contributed by atoms with van der Waals surface area (Å²) in [6.07, 6.45) is 2.64. The van der Waals surface area contributed by atoms with E-state index in [-0.39, 0.29) is 5.41 Å². The van der Waals surface area contributed by atoms with Gasteiger partial charge >= 0.3 is 0 Å². The molecule has 1 aromatic rings. The number of methoxy groups -OCH3 is 1. The summed E-state index contributed by atoms with van der Waals surface area (Å²) in [4.78, 5) is 4.24. The van der Waals surface area contributed by atoms with Gasteiger partial charge < -0.3 is 10.1 Å². The molecule has 0 bridgehead atoms. The highest BCUT2D eigenvalue weighted by Crippen LogP contribution is 2.26. The van der Waals surface area contributed by atoms with E-state index < -0.39 is 0 Å². The molecular weight excluding hydrogens is 304 g/mol. The van der Waals surface area contributed by atoms with Gasteiger partial charge in [-0.05, 0) is 33.8 Å². The van der Waals surface area contributed by atoms with E-state index in [4.69, 9.17) is 16.3 Å². The maximum Gasteiger partial charge on any atom is 0.140 e. The number of rotatable bonds is 6. The van der Waals surface area contributed by atoms with Gasteiger partial charge in [-0.1, -0.05) is 25.4 Å². The third-order valence-electron chi connectivity index (χ3n) is 2.53. The number of hydrogen-bond acceptors (Lipinski definition) is 3. The van der Waals surface area contributed by atoms with Gasteiger partial charge in [0.25, 0.3) is 0 Å². The molecule has 0 aliphatic heterocycles. The van der Waals surface area contributed by atoms with Crippen molar-refractivity contribution in [2.45, 2.75) is 20.3 Å². The van der Waals surface area contributed by atoms with Crippen LogP contribution in [0.3, 0.4) is 0 Å². The lowest BCUT2D eigenvalue weighted by molar-refractivity contribution is 0.157.